The number of carboxylic acid groups (broad SMARTS) is 1. The molecule has 0 saturated heterocycles. The molecule has 0 fully saturated rings. The number of rotatable bonds is 4. The summed E-state index contributed by atoms with van der Waals surface area (Å²) in [5, 5.41) is 24.3. The molecule has 0 unspecified atom stereocenters. The number of nitrogens with zero attached hydrogens (tertiary/aromatic N) is 2. The van der Waals surface area contributed by atoms with Crippen molar-refractivity contribution in [3.05, 3.63) is 87.6 Å². The van der Waals surface area contributed by atoms with Crippen molar-refractivity contribution in [3.8, 4) is 6.07 Å². The summed E-state index contributed by atoms with van der Waals surface area (Å²) in [6, 6.07) is 20.3. The number of fused-ring (bicyclic) bond motifs is 1. The van der Waals surface area contributed by atoms with Crippen molar-refractivity contribution < 1.29 is 14.7 Å². The standard InChI is InChI=1S/C23H19N3O3S/c24-15-23(16-7-3-1-4-8-16,17-9-5-2-6-10-17)21(27)25-19-14-30-20-13-26(22(28)29)12-11-18(19)20/h1-10,14H,11-13H2,(H,25,27)(H,28,29). The molecule has 30 heavy (non-hydrogen) atoms. The van der Waals surface area contributed by atoms with E-state index in [2.05, 4.69) is 11.4 Å². The summed E-state index contributed by atoms with van der Waals surface area (Å²) in [5.41, 5.74) is 1.28. The second-order valence-corrected chi connectivity index (χ2v) is 8.02. The molecule has 0 saturated carbocycles. The largest absolute Gasteiger partial charge is 0.465 e. The molecule has 0 bridgehead atoms. The van der Waals surface area contributed by atoms with Crippen molar-refractivity contribution in [1.82, 2.24) is 4.90 Å². The number of hydrogen-bond donors (Lipinski definition) is 2. The Kier molecular flexibility index (Phi) is 5.25. The summed E-state index contributed by atoms with van der Waals surface area (Å²) >= 11 is 1.42. The zero-order valence-electron chi connectivity index (χ0n) is 16.0. The maximum Gasteiger partial charge on any atom is 0.407 e. The minimum atomic E-state index is -1.50. The van der Waals surface area contributed by atoms with E-state index in [0.717, 1.165) is 10.4 Å². The van der Waals surface area contributed by atoms with Crippen molar-refractivity contribution in [2.45, 2.75) is 18.4 Å². The van der Waals surface area contributed by atoms with Gasteiger partial charge in [0.2, 0.25) is 0 Å². The monoisotopic (exact) mass is 417 g/mol. The van der Waals surface area contributed by atoms with Gasteiger partial charge in [0, 0.05) is 16.8 Å². The van der Waals surface area contributed by atoms with E-state index >= 15 is 0 Å². The van der Waals surface area contributed by atoms with Gasteiger partial charge in [0.15, 0.2) is 5.41 Å². The van der Waals surface area contributed by atoms with Crippen molar-refractivity contribution in [3.63, 3.8) is 0 Å². The Morgan fingerprint density at radius 1 is 1.07 bits per heavy atom. The number of carbonyl (C=O) groups is 2. The minimum absolute atomic E-state index is 0.311. The van der Waals surface area contributed by atoms with Crippen LogP contribution < -0.4 is 5.32 Å². The van der Waals surface area contributed by atoms with Crippen LogP contribution in [0.1, 0.15) is 21.6 Å². The number of benzene rings is 2. The molecule has 0 aliphatic carbocycles. The molecule has 1 aromatic heterocycles. The molecule has 150 valence electrons. The second-order valence-electron chi connectivity index (χ2n) is 7.05. The number of amides is 2. The highest BCUT2D eigenvalue weighted by atomic mass is 32.1. The molecule has 3 aromatic rings. The highest BCUT2D eigenvalue weighted by Crippen LogP contribution is 2.36. The summed E-state index contributed by atoms with van der Waals surface area (Å²) in [7, 11) is 0. The van der Waals surface area contributed by atoms with Gasteiger partial charge in [-0.25, -0.2) is 4.79 Å². The van der Waals surface area contributed by atoms with Crippen LogP contribution in [0.3, 0.4) is 0 Å². The Hall–Kier alpha value is -3.63. The lowest BCUT2D eigenvalue weighted by atomic mass is 9.75. The second kappa shape index (κ2) is 8.01. The topological polar surface area (TPSA) is 93.4 Å². The van der Waals surface area contributed by atoms with Crippen molar-refractivity contribution in [2.24, 2.45) is 0 Å². The van der Waals surface area contributed by atoms with Crippen LogP contribution in [-0.4, -0.2) is 28.6 Å². The Morgan fingerprint density at radius 3 is 2.20 bits per heavy atom. The molecule has 7 heteroatoms. The molecule has 2 heterocycles. The summed E-state index contributed by atoms with van der Waals surface area (Å²) in [5.74, 6) is -0.427. The van der Waals surface area contributed by atoms with Crippen LogP contribution in [0, 0.1) is 11.3 Å². The Balaban J connectivity index is 1.72. The Bertz CT molecular complexity index is 1080. The molecule has 1 aliphatic rings. The molecule has 2 amide bonds. The number of hydrogen-bond acceptors (Lipinski definition) is 4. The normalized spacial score (nSPS) is 13.2. The van der Waals surface area contributed by atoms with Crippen molar-refractivity contribution in [2.75, 3.05) is 11.9 Å². The summed E-state index contributed by atoms with van der Waals surface area (Å²) in [4.78, 5) is 27.1. The molecule has 0 radical (unpaired) electrons. The van der Waals surface area contributed by atoms with E-state index in [1.54, 1.807) is 24.3 Å². The van der Waals surface area contributed by atoms with Crippen molar-refractivity contribution >= 4 is 29.0 Å². The lowest BCUT2D eigenvalue weighted by molar-refractivity contribution is -0.118. The average molecular weight is 417 g/mol. The van der Waals surface area contributed by atoms with Crippen LogP contribution in [-0.2, 0) is 23.2 Å². The predicted octanol–water partition coefficient (Wildman–Crippen LogP) is 4.23. The highest BCUT2D eigenvalue weighted by molar-refractivity contribution is 7.10. The smallest absolute Gasteiger partial charge is 0.407 e. The molecule has 4 rings (SSSR count). The van der Waals surface area contributed by atoms with E-state index in [0.29, 0.717) is 36.3 Å². The number of anilines is 1. The quantitative estimate of drug-likeness (QED) is 0.664. The molecule has 0 atom stereocenters. The summed E-state index contributed by atoms with van der Waals surface area (Å²) < 4.78 is 0. The third-order valence-electron chi connectivity index (χ3n) is 5.39. The summed E-state index contributed by atoms with van der Waals surface area (Å²) in [6.45, 7) is 0.689. The fraction of sp³-hybridized carbons (Fsp3) is 0.174. The van der Waals surface area contributed by atoms with Gasteiger partial charge in [0.05, 0.1) is 18.3 Å². The van der Waals surface area contributed by atoms with Gasteiger partial charge in [-0.2, -0.15) is 5.26 Å². The van der Waals surface area contributed by atoms with Gasteiger partial charge in [0.1, 0.15) is 0 Å². The van der Waals surface area contributed by atoms with Gasteiger partial charge in [0.25, 0.3) is 5.91 Å². The fourth-order valence-electron chi connectivity index (χ4n) is 3.80. The first-order valence-corrected chi connectivity index (χ1v) is 10.3. The lowest BCUT2D eigenvalue weighted by Gasteiger charge is -2.28. The molecule has 2 aromatic carbocycles. The van der Waals surface area contributed by atoms with E-state index in [1.807, 2.05) is 41.8 Å². The first-order chi connectivity index (χ1) is 14.6. The number of carbonyl (C=O) groups excluding carboxylic acids is 1. The SMILES string of the molecule is N#CC(C(=O)Nc1csc2c1CCN(C(=O)O)C2)(c1ccccc1)c1ccccc1. The third kappa shape index (κ3) is 3.31. The van der Waals surface area contributed by atoms with E-state index in [-0.39, 0.29) is 0 Å². The maximum atomic E-state index is 13.6. The fourth-order valence-corrected chi connectivity index (χ4v) is 4.84. The van der Waals surface area contributed by atoms with Gasteiger partial charge in [-0.15, -0.1) is 11.3 Å². The molecule has 6 nitrogen and oxygen atoms in total. The zero-order valence-corrected chi connectivity index (χ0v) is 16.9. The number of thiophene rings is 1. The van der Waals surface area contributed by atoms with Gasteiger partial charge >= 0.3 is 6.09 Å². The van der Waals surface area contributed by atoms with Crippen LogP contribution in [0.15, 0.2) is 66.0 Å². The van der Waals surface area contributed by atoms with E-state index in [1.165, 1.54) is 16.2 Å². The van der Waals surface area contributed by atoms with Crippen molar-refractivity contribution in [1.29, 1.82) is 5.26 Å². The zero-order chi connectivity index (χ0) is 21.1. The molecule has 2 N–H and O–H groups in total. The van der Waals surface area contributed by atoms with E-state index < -0.39 is 17.4 Å². The van der Waals surface area contributed by atoms with Crippen LogP contribution in [0.2, 0.25) is 0 Å². The van der Waals surface area contributed by atoms with Crippen LogP contribution in [0.25, 0.3) is 0 Å². The maximum absolute atomic E-state index is 13.6. The average Bonchev–Trinajstić information content (AvgIpc) is 3.18. The predicted molar refractivity (Wildman–Crippen MR) is 114 cm³/mol. The van der Waals surface area contributed by atoms with Crippen LogP contribution >= 0.6 is 11.3 Å². The molecule has 0 spiro atoms. The van der Waals surface area contributed by atoms with Crippen LogP contribution in [0.5, 0.6) is 0 Å². The number of nitrogens with one attached hydrogen (secondary N) is 1. The Morgan fingerprint density at radius 2 is 1.67 bits per heavy atom. The first kappa shape index (κ1) is 19.7. The first-order valence-electron chi connectivity index (χ1n) is 9.47. The van der Waals surface area contributed by atoms with Crippen LogP contribution in [0.4, 0.5) is 10.5 Å². The molecular weight excluding hydrogens is 398 g/mol. The Labute approximate surface area is 178 Å². The van der Waals surface area contributed by atoms with Gasteiger partial charge in [-0.3, -0.25) is 4.79 Å². The van der Waals surface area contributed by atoms with E-state index in [9.17, 15) is 20.0 Å². The van der Waals surface area contributed by atoms with Gasteiger partial charge in [-0.05, 0) is 23.1 Å². The van der Waals surface area contributed by atoms with E-state index in [4.69, 9.17) is 0 Å². The lowest BCUT2D eigenvalue weighted by Crippen LogP contribution is -2.40. The van der Waals surface area contributed by atoms with Gasteiger partial charge < -0.3 is 15.3 Å². The number of nitriles is 1. The minimum Gasteiger partial charge on any atom is -0.465 e. The third-order valence-corrected chi connectivity index (χ3v) is 6.40. The molecular formula is C23H19N3O3S. The summed E-state index contributed by atoms with van der Waals surface area (Å²) in [6.07, 6.45) is -0.423. The van der Waals surface area contributed by atoms with Gasteiger partial charge in [-0.1, -0.05) is 60.7 Å². The highest BCUT2D eigenvalue weighted by Gasteiger charge is 2.43. The molecule has 1 aliphatic heterocycles.